The Morgan fingerprint density at radius 2 is 1.96 bits per heavy atom. The van der Waals surface area contributed by atoms with Crippen molar-refractivity contribution in [2.24, 2.45) is 0 Å². The molecule has 0 aliphatic heterocycles. The van der Waals surface area contributed by atoms with Crippen molar-refractivity contribution in [2.75, 3.05) is 32.1 Å². The van der Waals surface area contributed by atoms with Crippen LogP contribution < -0.4 is 10.1 Å². The summed E-state index contributed by atoms with van der Waals surface area (Å²) in [6.07, 6.45) is 0. The van der Waals surface area contributed by atoms with Gasteiger partial charge in [-0.2, -0.15) is 0 Å². The summed E-state index contributed by atoms with van der Waals surface area (Å²) in [4.78, 5) is 19.3. The first kappa shape index (κ1) is 17.4. The van der Waals surface area contributed by atoms with Gasteiger partial charge in [-0.15, -0.1) is 11.3 Å². The maximum absolute atomic E-state index is 12.0. The molecule has 0 saturated carbocycles. The Balaban J connectivity index is 1.70. The largest absolute Gasteiger partial charge is 0.492 e. The van der Waals surface area contributed by atoms with Gasteiger partial charge in [0.25, 0.3) is 0 Å². The van der Waals surface area contributed by atoms with Crippen molar-refractivity contribution in [1.29, 1.82) is 0 Å². The smallest absolute Gasteiger partial charge is 0.240 e. The maximum Gasteiger partial charge on any atom is 0.240 e. The van der Waals surface area contributed by atoms with Crippen LogP contribution >= 0.6 is 11.3 Å². The first-order valence-corrected chi connectivity index (χ1v) is 8.37. The van der Waals surface area contributed by atoms with Crippen molar-refractivity contribution in [1.82, 2.24) is 9.88 Å². The number of likely N-dealkylation sites (N-methyl/N-ethyl adjacent to an activating group) is 1. The monoisotopic (exact) mass is 333 g/mol. The summed E-state index contributed by atoms with van der Waals surface area (Å²) in [5.74, 6) is 0.791. The van der Waals surface area contributed by atoms with Crippen LogP contribution in [0.1, 0.15) is 16.1 Å². The molecule has 1 amide bonds. The van der Waals surface area contributed by atoms with Gasteiger partial charge < -0.3 is 10.1 Å². The summed E-state index contributed by atoms with van der Waals surface area (Å²) in [5, 5.41) is 3.50. The number of benzene rings is 1. The first-order chi connectivity index (χ1) is 10.9. The summed E-state index contributed by atoms with van der Waals surface area (Å²) in [7, 11) is 1.90. The van der Waals surface area contributed by atoms with Gasteiger partial charge in [-0.05, 0) is 40.0 Å². The normalized spacial score (nSPS) is 10.8. The number of amides is 1. The Labute approximate surface area is 141 Å². The summed E-state index contributed by atoms with van der Waals surface area (Å²) >= 11 is 1.50. The van der Waals surface area contributed by atoms with Gasteiger partial charge in [0.2, 0.25) is 5.91 Å². The Kier molecular flexibility index (Phi) is 6.12. The molecule has 0 saturated heterocycles. The standard InChI is InChI=1S/C17H23N3O2S/c1-12-5-7-15(8-6-12)22-10-9-20(4)11-16(21)19-17-18-13(2)14(3)23-17/h5-8H,9-11H2,1-4H3,(H,18,19,21). The van der Waals surface area contributed by atoms with Crippen LogP contribution in [0.2, 0.25) is 0 Å². The Morgan fingerprint density at radius 1 is 1.26 bits per heavy atom. The molecule has 0 aliphatic carbocycles. The molecule has 6 heteroatoms. The number of carbonyl (C=O) groups is 1. The number of hydrogen-bond donors (Lipinski definition) is 1. The third-order valence-corrected chi connectivity index (χ3v) is 4.44. The van der Waals surface area contributed by atoms with Crippen molar-refractivity contribution in [2.45, 2.75) is 20.8 Å². The number of nitrogens with one attached hydrogen (secondary N) is 1. The molecular weight excluding hydrogens is 310 g/mol. The number of hydrogen-bond acceptors (Lipinski definition) is 5. The minimum absolute atomic E-state index is 0.0587. The Hall–Kier alpha value is -1.92. The van der Waals surface area contributed by atoms with Crippen LogP contribution in [0.4, 0.5) is 5.13 Å². The van der Waals surface area contributed by atoms with E-state index in [1.54, 1.807) is 0 Å². The van der Waals surface area contributed by atoms with Crippen LogP contribution in [0, 0.1) is 20.8 Å². The predicted molar refractivity (Wildman–Crippen MR) is 94.4 cm³/mol. The summed E-state index contributed by atoms with van der Waals surface area (Å²) in [5.41, 5.74) is 2.17. The van der Waals surface area contributed by atoms with E-state index in [1.165, 1.54) is 16.9 Å². The molecule has 124 valence electrons. The van der Waals surface area contributed by atoms with Gasteiger partial charge in [0.05, 0.1) is 12.2 Å². The van der Waals surface area contributed by atoms with Crippen LogP contribution in [0.15, 0.2) is 24.3 Å². The topological polar surface area (TPSA) is 54.5 Å². The molecule has 23 heavy (non-hydrogen) atoms. The molecule has 1 aromatic carbocycles. The predicted octanol–water partition coefficient (Wildman–Crippen LogP) is 3.02. The molecule has 5 nitrogen and oxygen atoms in total. The number of aromatic nitrogens is 1. The fourth-order valence-corrected chi connectivity index (χ4v) is 2.79. The molecule has 1 aromatic heterocycles. The Bertz CT molecular complexity index is 633. The Morgan fingerprint density at radius 3 is 2.57 bits per heavy atom. The second-order valence-corrected chi connectivity index (χ2v) is 6.81. The average molecular weight is 333 g/mol. The van der Waals surface area contributed by atoms with E-state index >= 15 is 0 Å². The first-order valence-electron chi connectivity index (χ1n) is 7.56. The molecule has 0 atom stereocenters. The van der Waals surface area contributed by atoms with E-state index in [1.807, 2.05) is 57.0 Å². The van der Waals surface area contributed by atoms with Crippen molar-refractivity contribution in [3.8, 4) is 5.75 Å². The lowest BCUT2D eigenvalue weighted by molar-refractivity contribution is -0.117. The molecule has 0 unspecified atom stereocenters. The number of ether oxygens (including phenoxy) is 1. The van der Waals surface area contributed by atoms with Gasteiger partial charge in [0, 0.05) is 11.4 Å². The number of rotatable bonds is 7. The molecule has 0 aliphatic rings. The molecule has 1 N–H and O–H groups in total. The van der Waals surface area contributed by atoms with Crippen LogP contribution in [0.3, 0.4) is 0 Å². The van der Waals surface area contributed by atoms with Gasteiger partial charge in [-0.1, -0.05) is 17.7 Å². The third-order valence-electron chi connectivity index (χ3n) is 3.45. The van der Waals surface area contributed by atoms with Crippen molar-refractivity contribution in [3.05, 3.63) is 40.4 Å². The fraction of sp³-hybridized carbons (Fsp3) is 0.412. The number of anilines is 1. The zero-order valence-electron chi connectivity index (χ0n) is 14.0. The average Bonchev–Trinajstić information content (AvgIpc) is 2.79. The van der Waals surface area contributed by atoms with Gasteiger partial charge in [0.15, 0.2) is 5.13 Å². The number of thiazole rings is 1. The fourth-order valence-electron chi connectivity index (χ4n) is 1.96. The number of carbonyl (C=O) groups excluding carboxylic acids is 1. The zero-order chi connectivity index (χ0) is 16.8. The van der Waals surface area contributed by atoms with Crippen LogP contribution in [-0.4, -0.2) is 42.5 Å². The molecule has 0 fully saturated rings. The summed E-state index contributed by atoms with van der Waals surface area (Å²) in [6, 6.07) is 7.94. The van der Waals surface area contributed by atoms with Crippen LogP contribution in [0.25, 0.3) is 0 Å². The van der Waals surface area contributed by atoms with E-state index in [2.05, 4.69) is 10.3 Å². The van der Waals surface area contributed by atoms with Crippen LogP contribution in [-0.2, 0) is 4.79 Å². The molecule has 2 aromatic rings. The molecule has 2 rings (SSSR count). The number of aryl methyl sites for hydroxylation is 3. The highest BCUT2D eigenvalue weighted by Crippen LogP contribution is 2.20. The lowest BCUT2D eigenvalue weighted by Gasteiger charge is -2.16. The van der Waals surface area contributed by atoms with E-state index in [4.69, 9.17) is 4.74 Å². The highest BCUT2D eigenvalue weighted by Gasteiger charge is 2.10. The quantitative estimate of drug-likeness (QED) is 0.846. The highest BCUT2D eigenvalue weighted by atomic mass is 32.1. The van der Waals surface area contributed by atoms with Crippen LogP contribution in [0.5, 0.6) is 5.75 Å². The van der Waals surface area contributed by atoms with Gasteiger partial charge in [-0.25, -0.2) is 4.98 Å². The van der Waals surface area contributed by atoms with E-state index < -0.39 is 0 Å². The lowest BCUT2D eigenvalue weighted by atomic mass is 10.2. The maximum atomic E-state index is 12.0. The van der Waals surface area contributed by atoms with Crippen molar-refractivity contribution in [3.63, 3.8) is 0 Å². The van der Waals surface area contributed by atoms with E-state index in [0.29, 0.717) is 24.8 Å². The summed E-state index contributed by atoms with van der Waals surface area (Å²) < 4.78 is 5.67. The van der Waals surface area contributed by atoms with E-state index in [0.717, 1.165) is 16.3 Å². The highest BCUT2D eigenvalue weighted by molar-refractivity contribution is 7.15. The SMILES string of the molecule is Cc1ccc(OCCN(C)CC(=O)Nc2nc(C)c(C)s2)cc1. The molecular formula is C17H23N3O2S. The zero-order valence-corrected chi connectivity index (χ0v) is 14.9. The second-order valence-electron chi connectivity index (χ2n) is 5.61. The lowest BCUT2D eigenvalue weighted by Crippen LogP contribution is -2.33. The van der Waals surface area contributed by atoms with Gasteiger partial charge in [0.1, 0.15) is 12.4 Å². The minimum atomic E-state index is -0.0587. The third kappa shape index (κ3) is 5.65. The van der Waals surface area contributed by atoms with E-state index in [9.17, 15) is 4.79 Å². The molecule has 1 heterocycles. The molecule has 0 spiro atoms. The van der Waals surface area contributed by atoms with Crippen molar-refractivity contribution < 1.29 is 9.53 Å². The summed E-state index contributed by atoms with van der Waals surface area (Å²) in [6.45, 7) is 7.52. The minimum Gasteiger partial charge on any atom is -0.492 e. The van der Waals surface area contributed by atoms with Gasteiger partial charge >= 0.3 is 0 Å². The number of nitrogens with zero attached hydrogens (tertiary/aromatic N) is 2. The molecule has 0 bridgehead atoms. The van der Waals surface area contributed by atoms with Gasteiger partial charge in [-0.3, -0.25) is 9.69 Å². The van der Waals surface area contributed by atoms with E-state index in [-0.39, 0.29) is 5.91 Å². The molecule has 0 radical (unpaired) electrons. The second kappa shape index (κ2) is 8.08. The van der Waals surface area contributed by atoms with Crippen molar-refractivity contribution >= 4 is 22.4 Å².